The van der Waals surface area contributed by atoms with Gasteiger partial charge in [-0.3, -0.25) is 9.69 Å². The molecule has 2 heterocycles. The Balaban J connectivity index is 1.25. The minimum absolute atomic E-state index is 0.0281. The minimum atomic E-state index is -1.17. The van der Waals surface area contributed by atoms with Crippen molar-refractivity contribution in [1.29, 1.82) is 5.26 Å². The highest BCUT2D eigenvalue weighted by molar-refractivity contribution is 5.79. The summed E-state index contributed by atoms with van der Waals surface area (Å²) in [5.74, 6) is -0.0841. The largest absolute Gasteiger partial charge is 0.379 e. The number of aliphatic hydroxyl groups is 1. The lowest BCUT2D eigenvalue weighted by Crippen LogP contribution is -2.49. The highest BCUT2D eigenvalue weighted by Crippen LogP contribution is 2.32. The molecular weight excluding hydrogens is 498 g/mol. The highest BCUT2D eigenvalue weighted by Gasteiger charge is 2.36. The number of nitrogens with zero attached hydrogens (tertiary/aromatic N) is 3. The number of rotatable bonds is 10. The van der Waals surface area contributed by atoms with E-state index in [9.17, 15) is 9.90 Å². The van der Waals surface area contributed by atoms with E-state index in [1.165, 1.54) is 0 Å². The second-order valence-electron chi connectivity index (χ2n) is 10.6. The average Bonchev–Trinajstić information content (AvgIpc) is 3.55. The number of imidazole rings is 1. The van der Waals surface area contributed by atoms with Crippen molar-refractivity contribution in [3.63, 3.8) is 0 Å². The number of benzene rings is 3. The normalized spacial score (nSPS) is 16.6. The standard InChI is InChI=1S/C33H35N5O2/c34-19-26-15-13-25(14-16-26)18-28(31-21-35-24-37-31)20-36-32(39)27-8-7-17-38(22-27)23-33(40,29-9-3-1-4-10-29)30-11-5-2-6-12-30/h1-6,9-16,21,24,27-28,40H,7-8,17-18,20,22-23H2,(H,35,37)(H,36,39)/t27-,28?/m0/s1. The van der Waals surface area contributed by atoms with E-state index in [1.807, 2.05) is 84.9 Å². The Kier molecular flexibility index (Phi) is 8.70. The van der Waals surface area contributed by atoms with Crippen LogP contribution in [0.4, 0.5) is 0 Å². The molecule has 7 nitrogen and oxygen atoms in total. The van der Waals surface area contributed by atoms with E-state index in [0.717, 1.165) is 41.8 Å². The van der Waals surface area contributed by atoms with Gasteiger partial charge in [-0.25, -0.2) is 4.98 Å². The van der Waals surface area contributed by atoms with Crippen molar-refractivity contribution in [2.24, 2.45) is 5.92 Å². The van der Waals surface area contributed by atoms with E-state index in [1.54, 1.807) is 12.5 Å². The molecule has 0 bridgehead atoms. The summed E-state index contributed by atoms with van der Waals surface area (Å²) in [5.41, 5.74) is 3.20. The third-order valence-corrected chi connectivity index (χ3v) is 7.88. The topological polar surface area (TPSA) is 105 Å². The molecule has 0 radical (unpaired) electrons. The molecule has 5 rings (SSSR count). The number of piperidine rings is 1. The molecule has 3 aromatic carbocycles. The van der Waals surface area contributed by atoms with Gasteiger partial charge in [-0.1, -0.05) is 72.8 Å². The van der Waals surface area contributed by atoms with E-state index in [2.05, 4.69) is 26.3 Å². The van der Waals surface area contributed by atoms with Crippen molar-refractivity contribution in [3.05, 3.63) is 125 Å². The maximum atomic E-state index is 13.4. The van der Waals surface area contributed by atoms with Crippen LogP contribution in [0.3, 0.4) is 0 Å². The van der Waals surface area contributed by atoms with Crippen LogP contribution < -0.4 is 5.32 Å². The fourth-order valence-electron chi connectivity index (χ4n) is 5.66. The van der Waals surface area contributed by atoms with Gasteiger partial charge in [0.2, 0.25) is 5.91 Å². The van der Waals surface area contributed by atoms with E-state index >= 15 is 0 Å². The molecule has 0 spiro atoms. The van der Waals surface area contributed by atoms with Crippen molar-refractivity contribution in [2.45, 2.75) is 30.8 Å². The number of aromatic nitrogens is 2. The van der Waals surface area contributed by atoms with Crippen molar-refractivity contribution >= 4 is 5.91 Å². The number of likely N-dealkylation sites (tertiary alicyclic amines) is 1. The number of carbonyl (C=O) groups excluding carboxylic acids is 1. The molecule has 0 saturated carbocycles. The molecule has 2 atom stereocenters. The summed E-state index contributed by atoms with van der Waals surface area (Å²) in [6.45, 7) is 2.33. The van der Waals surface area contributed by atoms with Gasteiger partial charge in [0.05, 0.1) is 23.9 Å². The van der Waals surface area contributed by atoms with Gasteiger partial charge in [0.25, 0.3) is 0 Å². The van der Waals surface area contributed by atoms with Gasteiger partial charge in [-0.05, 0) is 54.6 Å². The number of nitrogens with one attached hydrogen (secondary N) is 2. The molecule has 1 aromatic heterocycles. The van der Waals surface area contributed by atoms with Crippen LogP contribution in [0.2, 0.25) is 0 Å². The number of aromatic amines is 1. The van der Waals surface area contributed by atoms with E-state index in [-0.39, 0.29) is 17.7 Å². The Morgan fingerprint density at radius 3 is 2.35 bits per heavy atom. The van der Waals surface area contributed by atoms with Gasteiger partial charge in [-0.2, -0.15) is 5.26 Å². The molecule has 1 unspecified atom stereocenters. The first-order chi connectivity index (χ1) is 19.5. The van der Waals surface area contributed by atoms with Crippen LogP contribution in [-0.2, 0) is 16.8 Å². The Morgan fingerprint density at radius 1 is 1.07 bits per heavy atom. The molecule has 0 aliphatic carbocycles. The summed E-state index contributed by atoms with van der Waals surface area (Å²) in [7, 11) is 0. The molecule has 1 aliphatic rings. The van der Waals surface area contributed by atoms with Gasteiger partial charge in [0.1, 0.15) is 5.60 Å². The number of β-amino-alcohol motifs (C(OH)–C–C–N with tert-alkyl or cyclic N) is 1. The molecule has 4 aromatic rings. The predicted octanol–water partition coefficient (Wildman–Crippen LogP) is 4.37. The first kappa shape index (κ1) is 27.3. The second kappa shape index (κ2) is 12.7. The Hall–Kier alpha value is -4.25. The average molecular weight is 534 g/mol. The molecule has 1 amide bonds. The Bertz CT molecular complexity index is 1360. The van der Waals surface area contributed by atoms with Crippen LogP contribution >= 0.6 is 0 Å². The first-order valence-corrected chi connectivity index (χ1v) is 13.9. The summed E-state index contributed by atoms with van der Waals surface area (Å²) >= 11 is 0. The van der Waals surface area contributed by atoms with Gasteiger partial charge < -0.3 is 15.4 Å². The Morgan fingerprint density at radius 2 is 1.75 bits per heavy atom. The zero-order valence-electron chi connectivity index (χ0n) is 22.5. The lowest BCUT2D eigenvalue weighted by atomic mass is 9.84. The lowest BCUT2D eigenvalue weighted by molar-refractivity contribution is -0.127. The number of carbonyl (C=O) groups is 1. The fraction of sp³-hybridized carbons (Fsp3) is 0.303. The first-order valence-electron chi connectivity index (χ1n) is 13.9. The number of amides is 1. The fourth-order valence-corrected chi connectivity index (χ4v) is 5.66. The van der Waals surface area contributed by atoms with Crippen molar-refractivity contribution in [1.82, 2.24) is 20.2 Å². The van der Waals surface area contributed by atoms with E-state index < -0.39 is 5.60 Å². The third kappa shape index (κ3) is 6.48. The monoisotopic (exact) mass is 533 g/mol. The van der Waals surface area contributed by atoms with E-state index in [4.69, 9.17) is 5.26 Å². The molecular formula is C33H35N5O2. The molecule has 40 heavy (non-hydrogen) atoms. The lowest BCUT2D eigenvalue weighted by Gasteiger charge is -2.39. The van der Waals surface area contributed by atoms with Crippen molar-refractivity contribution in [2.75, 3.05) is 26.2 Å². The van der Waals surface area contributed by atoms with Gasteiger partial charge in [0, 0.05) is 37.4 Å². The maximum absolute atomic E-state index is 13.4. The van der Waals surface area contributed by atoms with Crippen LogP contribution in [0.25, 0.3) is 0 Å². The zero-order valence-corrected chi connectivity index (χ0v) is 22.5. The molecule has 7 heteroatoms. The molecule has 1 aliphatic heterocycles. The SMILES string of the molecule is N#Cc1ccc(CC(CNC(=O)[C@H]2CCCN(CC(O)(c3ccccc3)c3ccccc3)C2)c2cnc[nH]2)cc1. The van der Waals surface area contributed by atoms with Gasteiger partial charge >= 0.3 is 0 Å². The molecule has 1 fully saturated rings. The quantitative estimate of drug-likeness (QED) is 0.281. The zero-order chi connectivity index (χ0) is 27.8. The van der Waals surface area contributed by atoms with Crippen LogP contribution in [0.5, 0.6) is 0 Å². The van der Waals surface area contributed by atoms with Crippen molar-refractivity contribution in [3.8, 4) is 6.07 Å². The number of hydrogen-bond acceptors (Lipinski definition) is 5. The molecule has 204 valence electrons. The van der Waals surface area contributed by atoms with Crippen molar-refractivity contribution < 1.29 is 9.90 Å². The van der Waals surface area contributed by atoms with Gasteiger partial charge in [-0.15, -0.1) is 0 Å². The summed E-state index contributed by atoms with van der Waals surface area (Å²) in [4.78, 5) is 23.0. The summed E-state index contributed by atoms with van der Waals surface area (Å²) in [5, 5.41) is 24.3. The smallest absolute Gasteiger partial charge is 0.224 e. The van der Waals surface area contributed by atoms with Crippen LogP contribution in [0.15, 0.2) is 97.5 Å². The van der Waals surface area contributed by atoms with Crippen LogP contribution in [0, 0.1) is 17.2 Å². The Labute approximate surface area is 235 Å². The number of H-pyrrole nitrogens is 1. The van der Waals surface area contributed by atoms with E-state index in [0.29, 0.717) is 31.6 Å². The second-order valence-corrected chi connectivity index (χ2v) is 10.6. The molecule has 1 saturated heterocycles. The predicted molar refractivity (Wildman–Crippen MR) is 154 cm³/mol. The molecule has 3 N–H and O–H groups in total. The highest BCUT2D eigenvalue weighted by atomic mass is 16.3. The summed E-state index contributed by atoms with van der Waals surface area (Å²) < 4.78 is 0. The minimum Gasteiger partial charge on any atom is -0.379 e. The van der Waals surface area contributed by atoms with Crippen LogP contribution in [0.1, 0.15) is 46.7 Å². The number of nitriles is 1. The number of hydrogen-bond donors (Lipinski definition) is 3. The maximum Gasteiger partial charge on any atom is 0.224 e. The summed E-state index contributed by atoms with van der Waals surface area (Å²) in [6.07, 6.45) is 5.89. The van der Waals surface area contributed by atoms with Gasteiger partial charge in [0.15, 0.2) is 0 Å². The third-order valence-electron chi connectivity index (χ3n) is 7.88. The van der Waals surface area contributed by atoms with Crippen LogP contribution in [-0.4, -0.2) is 52.1 Å². The summed E-state index contributed by atoms with van der Waals surface area (Å²) in [6, 6.07) is 29.3.